The van der Waals surface area contributed by atoms with Crippen LogP contribution < -0.4 is 4.74 Å². The standard InChI is InChI=1S/C17H15ClN4O2/c1-17(2,23)10-24-13-5-14(11-3-4-15(18)20-7-11)16-12(6-19)8-21-22(16)9-13/h3-5,7-9,23H,10H2,1-2H3. The number of ether oxygens (including phenoxy) is 1. The summed E-state index contributed by atoms with van der Waals surface area (Å²) in [5.74, 6) is 0.530. The lowest BCUT2D eigenvalue weighted by molar-refractivity contribution is 0.0283. The fourth-order valence-corrected chi connectivity index (χ4v) is 2.38. The monoisotopic (exact) mass is 342 g/mol. The molecule has 0 amide bonds. The summed E-state index contributed by atoms with van der Waals surface area (Å²) in [6, 6.07) is 7.44. The molecule has 3 heterocycles. The SMILES string of the molecule is CC(C)(O)COc1cc(-c2ccc(Cl)nc2)c2c(C#N)cnn2c1. The number of pyridine rings is 2. The lowest BCUT2D eigenvalue weighted by Gasteiger charge is -2.18. The molecule has 122 valence electrons. The largest absolute Gasteiger partial charge is 0.489 e. The van der Waals surface area contributed by atoms with Crippen molar-refractivity contribution in [3.63, 3.8) is 0 Å². The average molecular weight is 343 g/mol. The van der Waals surface area contributed by atoms with Crippen LogP contribution in [0.25, 0.3) is 16.6 Å². The summed E-state index contributed by atoms with van der Waals surface area (Å²) in [7, 11) is 0. The number of hydrogen-bond donors (Lipinski definition) is 1. The van der Waals surface area contributed by atoms with Crippen LogP contribution in [0, 0.1) is 11.3 Å². The topological polar surface area (TPSA) is 83.4 Å². The first kappa shape index (κ1) is 16.2. The maximum absolute atomic E-state index is 9.84. The summed E-state index contributed by atoms with van der Waals surface area (Å²) >= 11 is 5.85. The van der Waals surface area contributed by atoms with Crippen LogP contribution in [0.1, 0.15) is 19.4 Å². The van der Waals surface area contributed by atoms with E-state index in [-0.39, 0.29) is 6.61 Å². The van der Waals surface area contributed by atoms with Gasteiger partial charge in [0.25, 0.3) is 0 Å². The van der Waals surface area contributed by atoms with Crippen LogP contribution in [0.3, 0.4) is 0 Å². The molecule has 3 aromatic rings. The van der Waals surface area contributed by atoms with Crippen molar-refractivity contribution >= 4 is 17.1 Å². The Kier molecular flexibility index (Phi) is 4.14. The van der Waals surface area contributed by atoms with Crippen molar-refractivity contribution in [2.45, 2.75) is 19.4 Å². The zero-order valence-corrected chi connectivity index (χ0v) is 13.9. The molecule has 0 aliphatic carbocycles. The molecule has 6 nitrogen and oxygen atoms in total. The van der Waals surface area contributed by atoms with Gasteiger partial charge < -0.3 is 9.84 Å². The summed E-state index contributed by atoms with van der Waals surface area (Å²) in [4.78, 5) is 4.09. The van der Waals surface area contributed by atoms with Gasteiger partial charge in [-0.05, 0) is 32.0 Å². The molecule has 0 spiro atoms. The van der Waals surface area contributed by atoms with Gasteiger partial charge in [-0.1, -0.05) is 11.6 Å². The van der Waals surface area contributed by atoms with Crippen molar-refractivity contribution < 1.29 is 9.84 Å². The predicted molar refractivity (Wildman–Crippen MR) is 89.9 cm³/mol. The molecule has 0 fully saturated rings. The van der Waals surface area contributed by atoms with E-state index in [1.54, 1.807) is 42.9 Å². The number of fused-ring (bicyclic) bond motifs is 1. The average Bonchev–Trinajstić information content (AvgIpc) is 2.95. The third-order valence-corrected chi connectivity index (χ3v) is 3.56. The van der Waals surface area contributed by atoms with Gasteiger partial charge >= 0.3 is 0 Å². The van der Waals surface area contributed by atoms with Gasteiger partial charge in [-0.3, -0.25) is 0 Å². The van der Waals surface area contributed by atoms with E-state index in [2.05, 4.69) is 16.2 Å². The number of rotatable bonds is 4. The lowest BCUT2D eigenvalue weighted by Crippen LogP contribution is -2.27. The van der Waals surface area contributed by atoms with Crippen molar-refractivity contribution in [3.8, 4) is 22.9 Å². The Hall–Kier alpha value is -2.62. The van der Waals surface area contributed by atoms with Gasteiger partial charge in [-0.2, -0.15) is 10.4 Å². The maximum atomic E-state index is 9.84. The Morgan fingerprint density at radius 3 is 2.79 bits per heavy atom. The lowest BCUT2D eigenvalue weighted by atomic mass is 10.1. The van der Waals surface area contributed by atoms with Gasteiger partial charge in [0.1, 0.15) is 23.6 Å². The summed E-state index contributed by atoms with van der Waals surface area (Å²) in [5, 5.41) is 23.7. The van der Waals surface area contributed by atoms with Gasteiger partial charge in [0.05, 0.1) is 29.1 Å². The molecule has 0 atom stereocenters. The molecule has 0 radical (unpaired) electrons. The molecule has 0 saturated carbocycles. The highest BCUT2D eigenvalue weighted by atomic mass is 35.5. The molecule has 3 aromatic heterocycles. The van der Waals surface area contributed by atoms with Crippen molar-refractivity contribution in [1.82, 2.24) is 14.6 Å². The van der Waals surface area contributed by atoms with E-state index in [9.17, 15) is 10.4 Å². The van der Waals surface area contributed by atoms with Gasteiger partial charge in [0, 0.05) is 17.3 Å². The van der Waals surface area contributed by atoms with Crippen LogP contribution in [-0.4, -0.2) is 31.9 Å². The van der Waals surface area contributed by atoms with Crippen LogP contribution in [0.2, 0.25) is 5.15 Å². The van der Waals surface area contributed by atoms with Crippen LogP contribution in [0.15, 0.2) is 36.8 Å². The minimum atomic E-state index is -0.959. The minimum absolute atomic E-state index is 0.128. The van der Waals surface area contributed by atoms with E-state index in [4.69, 9.17) is 16.3 Å². The summed E-state index contributed by atoms with van der Waals surface area (Å²) in [5.41, 5.74) is 1.70. The van der Waals surface area contributed by atoms with Crippen molar-refractivity contribution in [2.75, 3.05) is 6.61 Å². The zero-order chi connectivity index (χ0) is 17.3. The van der Waals surface area contributed by atoms with E-state index < -0.39 is 5.60 Å². The van der Waals surface area contributed by atoms with Crippen LogP contribution >= 0.6 is 11.6 Å². The second kappa shape index (κ2) is 6.11. The summed E-state index contributed by atoms with van der Waals surface area (Å²) < 4.78 is 7.25. The number of hydrogen-bond acceptors (Lipinski definition) is 5. The van der Waals surface area contributed by atoms with Crippen molar-refractivity contribution in [3.05, 3.63) is 47.5 Å². The Morgan fingerprint density at radius 1 is 1.38 bits per heavy atom. The predicted octanol–water partition coefficient (Wildman–Crippen LogP) is 3.07. The number of halogens is 1. The molecule has 24 heavy (non-hydrogen) atoms. The van der Waals surface area contributed by atoms with E-state index in [0.717, 1.165) is 11.1 Å². The Bertz CT molecular complexity index is 921. The molecule has 0 aromatic carbocycles. The Labute approximate surface area is 143 Å². The molecule has 0 saturated heterocycles. The normalized spacial score (nSPS) is 11.5. The highest BCUT2D eigenvalue weighted by Gasteiger charge is 2.17. The smallest absolute Gasteiger partial charge is 0.138 e. The number of nitriles is 1. The maximum Gasteiger partial charge on any atom is 0.138 e. The van der Waals surface area contributed by atoms with Crippen LogP contribution in [-0.2, 0) is 0 Å². The second-order valence-electron chi connectivity index (χ2n) is 6.02. The van der Waals surface area contributed by atoms with Crippen molar-refractivity contribution in [2.24, 2.45) is 0 Å². The van der Waals surface area contributed by atoms with E-state index >= 15 is 0 Å². The van der Waals surface area contributed by atoms with Gasteiger partial charge in [-0.15, -0.1) is 0 Å². The van der Waals surface area contributed by atoms with E-state index in [0.29, 0.717) is 22.0 Å². The fourth-order valence-electron chi connectivity index (χ4n) is 2.27. The third-order valence-electron chi connectivity index (χ3n) is 3.34. The molecule has 0 aliphatic heterocycles. The van der Waals surface area contributed by atoms with Gasteiger partial charge in [0.2, 0.25) is 0 Å². The molecule has 7 heteroatoms. The van der Waals surface area contributed by atoms with Crippen LogP contribution in [0.5, 0.6) is 5.75 Å². The van der Waals surface area contributed by atoms with Crippen LogP contribution in [0.4, 0.5) is 0 Å². The zero-order valence-electron chi connectivity index (χ0n) is 13.2. The molecule has 3 rings (SSSR count). The third kappa shape index (κ3) is 3.32. The Morgan fingerprint density at radius 2 is 2.17 bits per heavy atom. The van der Waals surface area contributed by atoms with E-state index in [1.807, 2.05) is 6.07 Å². The van der Waals surface area contributed by atoms with E-state index in [1.165, 1.54) is 6.20 Å². The summed E-state index contributed by atoms with van der Waals surface area (Å²) in [6.07, 6.45) is 4.81. The van der Waals surface area contributed by atoms with Gasteiger partial charge in [0.15, 0.2) is 0 Å². The highest BCUT2D eigenvalue weighted by molar-refractivity contribution is 6.29. The van der Waals surface area contributed by atoms with Crippen molar-refractivity contribution in [1.29, 1.82) is 5.26 Å². The first-order valence-electron chi connectivity index (χ1n) is 7.26. The first-order chi connectivity index (χ1) is 11.4. The number of aliphatic hydroxyl groups is 1. The number of aromatic nitrogens is 3. The number of nitrogens with zero attached hydrogens (tertiary/aromatic N) is 4. The molecular formula is C17H15ClN4O2. The Balaban J connectivity index is 2.14. The second-order valence-corrected chi connectivity index (χ2v) is 6.41. The van der Waals surface area contributed by atoms with Gasteiger partial charge in [-0.25, -0.2) is 9.50 Å². The summed E-state index contributed by atoms with van der Waals surface area (Å²) in [6.45, 7) is 3.46. The first-order valence-corrected chi connectivity index (χ1v) is 7.64. The quantitative estimate of drug-likeness (QED) is 0.737. The molecule has 0 aliphatic rings. The fraction of sp³-hybridized carbons (Fsp3) is 0.235. The molecule has 0 bridgehead atoms. The highest BCUT2D eigenvalue weighted by Crippen LogP contribution is 2.31. The molecule has 0 unspecified atom stereocenters. The minimum Gasteiger partial charge on any atom is -0.489 e. The molecular weight excluding hydrogens is 328 g/mol. The molecule has 1 N–H and O–H groups in total.